The van der Waals surface area contributed by atoms with Crippen LogP contribution in [0, 0.1) is 13.8 Å². The van der Waals surface area contributed by atoms with Gasteiger partial charge in [-0.15, -0.1) is 0 Å². The van der Waals surface area contributed by atoms with Gasteiger partial charge in [0.05, 0.1) is 0 Å². The van der Waals surface area contributed by atoms with Crippen molar-refractivity contribution >= 4 is 0 Å². The molecule has 0 unspecified atom stereocenters. The van der Waals surface area contributed by atoms with Crippen LogP contribution in [-0.2, 0) is 0 Å². The van der Waals surface area contributed by atoms with Gasteiger partial charge in [0.15, 0.2) is 0 Å². The molecule has 3 heterocycles. The van der Waals surface area contributed by atoms with Crippen LogP contribution < -0.4 is 0 Å². The van der Waals surface area contributed by atoms with E-state index >= 15 is 0 Å². The van der Waals surface area contributed by atoms with Crippen LogP contribution in [0.5, 0.6) is 0 Å². The van der Waals surface area contributed by atoms with Gasteiger partial charge in [0.25, 0.3) is 0 Å². The highest BCUT2D eigenvalue weighted by Gasteiger charge is 1.98. The Morgan fingerprint density at radius 1 is 0.621 bits per heavy atom. The smallest absolute Gasteiger partial charge is 0.0372 e. The Morgan fingerprint density at radius 3 is 1.59 bits per heavy atom. The predicted molar refractivity (Wildman–Crippen MR) is 124 cm³/mol. The normalized spacial score (nSPS) is 10.3. The highest BCUT2D eigenvalue weighted by molar-refractivity contribution is 5.19. The van der Waals surface area contributed by atoms with Gasteiger partial charge in [0.2, 0.25) is 0 Å². The summed E-state index contributed by atoms with van der Waals surface area (Å²) in [5, 5.41) is 0. The Bertz CT molecular complexity index is 807. The summed E-state index contributed by atoms with van der Waals surface area (Å²) < 4.78 is 0. The summed E-state index contributed by atoms with van der Waals surface area (Å²) >= 11 is 0. The van der Waals surface area contributed by atoms with E-state index < -0.39 is 0 Å². The fourth-order valence-electron chi connectivity index (χ4n) is 2.43. The quantitative estimate of drug-likeness (QED) is 0.472. The van der Waals surface area contributed by atoms with Crippen LogP contribution in [0.2, 0.25) is 0 Å². The Balaban J connectivity index is 0.000000218. The van der Waals surface area contributed by atoms with Gasteiger partial charge in [-0.2, -0.15) is 0 Å². The Kier molecular flexibility index (Phi) is 10.8. The van der Waals surface area contributed by atoms with Crippen LogP contribution in [0.25, 0.3) is 0 Å². The Morgan fingerprint density at radius 2 is 1.21 bits per heavy atom. The van der Waals surface area contributed by atoms with Gasteiger partial charge < -0.3 is 0 Å². The molecule has 0 amide bonds. The monoisotopic (exact) mass is 391 g/mol. The van der Waals surface area contributed by atoms with Gasteiger partial charge in [-0.05, 0) is 66.0 Å². The first kappa shape index (κ1) is 24.5. The molecule has 0 aromatic carbocycles. The van der Waals surface area contributed by atoms with Crippen LogP contribution in [0.4, 0.5) is 0 Å². The maximum atomic E-state index is 4.20. The molecule has 156 valence electrons. The standard InChI is InChI=1S/2C9H13N.C8H11N/c1-7(2)9-4-8(3)5-10-6-9;1-7(2)9-5-4-8(3)10-6-9;1-7(2)8-4-3-5-9-6-8/h2*4-7H,1-3H3;3-7H,1-2H3. The van der Waals surface area contributed by atoms with Crippen molar-refractivity contribution in [1.82, 2.24) is 15.0 Å². The first-order valence-corrected chi connectivity index (χ1v) is 10.4. The van der Waals surface area contributed by atoms with Crippen molar-refractivity contribution < 1.29 is 0 Å². The van der Waals surface area contributed by atoms with E-state index in [0.29, 0.717) is 17.8 Å². The summed E-state index contributed by atoms with van der Waals surface area (Å²) in [7, 11) is 0. The van der Waals surface area contributed by atoms with Gasteiger partial charge in [0.1, 0.15) is 0 Å². The molecule has 29 heavy (non-hydrogen) atoms. The molecule has 0 aliphatic heterocycles. The second-order valence-electron chi connectivity index (χ2n) is 8.28. The number of hydrogen-bond donors (Lipinski definition) is 0. The molecule has 3 nitrogen and oxygen atoms in total. The average Bonchev–Trinajstić information content (AvgIpc) is 2.70. The number of hydrogen-bond acceptors (Lipinski definition) is 3. The molecule has 3 heteroatoms. The van der Waals surface area contributed by atoms with E-state index in [9.17, 15) is 0 Å². The molecule has 0 aliphatic rings. The van der Waals surface area contributed by atoms with E-state index in [-0.39, 0.29) is 0 Å². The lowest BCUT2D eigenvalue weighted by atomic mass is 10.0. The number of pyridine rings is 3. The first-order chi connectivity index (χ1) is 13.7. The van der Waals surface area contributed by atoms with Crippen molar-refractivity contribution in [2.75, 3.05) is 0 Å². The third kappa shape index (κ3) is 9.98. The number of aromatic nitrogens is 3. The van der Waals surface area contributed by atoms with Gasteiger partial charge in [-0.25, -0.2) is 0 Å². The molecule has 3 aromatic rings. The molecule has 0 spiro atoms. The summed E-state index contributed by atoms with van der Waals surface area (Å²) in [4.78, 5) is 12.3. The molecular weight excluding hydrogens is 354 g/mol. The Labute approximate surface area is 177 Å². The lowest BCUT2D eigenvalue weighted by Crippen LogP contribution is -1.88. The maximum Gasteiger partial charge on any atom is 0.0372 e. The molecule has 3 rings (SSSR count). The van der Waals surface area contributed by atoms with Crippen molar-refractivity contribution in [3.05, 3.63) is 89.3 Å². The van der Waals surface area contributed by atoms with Gasteiger partial charge in [-0.1, -0.05) is 59.7 Å². The third-order valence-electron chi connectivity index (χ3n) is 4.51. The van der Waals surface area contributed by atoms with Crippen molar-refractivity contribution in [3.63, 3.8) is 0 Å². The van der Waals surface area contributed by atoms with Crippen molar-refractivity contribution in [1.29, 1.82) is 0 Å². The third-order valence-corrected chi connectivity index (χ3v) is 4.51. The van der Waals surface area contributed by atoms with Gasteiger partial charge in [0, 0.05) is 36.7 Å². The molecule has 0 atom stereocenters. The topological polar surface area (TPSA) is 38.7 Å². The minimum atomic E-state index is 0.590. The van der Waals surface area contributed by atoms with Crippen LogP contribution >= 0.6 is 0 Å². The summed E-state index contributed by atoms with van der Waals surface area (Å²) in [6, 6.07) is 10.4. The van der Waals surface area contributed by atoms with Crippen molar-refractivity contribution in [3.8, 4) is 0 Å². The number of rotatable bonds is 3. The Hall–Kier alpha value is -2.55. The second-order valence-corrected chi connectivity index (χ2v) is 8.28. The highest BCUT2D eigenvalue weighted by Crippen LogP contribution is 2.13. The largest absolute Gasteiger partial charge is 0.264 e. The van der Waals surface area contributed by atoms with Crippen LogP contribution in [0.1, 0.15) is 87.2 Å². The van der Waals surface area contributed by atoms with Crippen molar-refractivity contribution in [2.24, 2.45) is 0 Å². The van der Waals surface area contributed by atoms with Crippen LogP contribution in [0.3, 0.4) is 0 Å². The predicted octanol–water partition coefficient (Wildman–Crippen LogP) is 7.23. The minimum absolute atomic E-state index is 0.590. The van der Waals surface area contributed by atoms with E-state index in [2.05, 4.69) is 87.7 Å². The zero-order valence-corrected chi connectivity index (χ0v) is 19.3. The molecular formula is C26H37N3. The summed E-state index contributed by atoms with van der Waals surface area (Å²) in [6.07, 6.45) is 9.46. The first-order valence-electron chi connectivity index (χ1n) is 10.4. The van der Waals surface area contributed by atoms with E-state index in [1.165, 1.54) is 22.3 Å². The fraction of sp³-hybridized carbons (Fsp3) is 0.423. The number of nitrogens with zero attached hydrogens (tertiary/aromatic N) is 3. The zero-order chi connectivity index (χ0) is 21.8. The molecule has 0 fully saturated rings. The van der Waals surface area contributed by atoms with Crippen LogP contribution in [-0.4, -0.2) is 15.0 Å². The molecule has 0 N–H and O–H groups in total. The number of aryl methyl sites for hydroxylation is 2. The molecule has 0 bridgehead atoms. The van der Waals surface area contributed by atoms with Gasteiger partial charge >= 0.3 is 0 Å². The molecule has 0 aliphatic carbocycles. The maximum absolute atomic E-state index is 4.20. The average molecular weight is 392 g/mol. The van der Waals surface area contributed by atoms with E-state index in [0.717, 1.165) is 5.69 Å². The van der Waals surface area contributed by atoms with Crippen molar-refractivity contribution in [2.45, 2.75) is 73.1 Å². The summed E-state index contributed by atoms with van der Waals surface area (Å²) in [6.45, 7) is 17.1. The second kappa shape index (κ2) is 12.8. The van der Waals surface area contributed by atoms with Gasteiger partial charge in [-0.3, -0.25) is 15.0 Å². The highest BCUT2D eigenvalue weighted by atomic mass is 14.7. The summed E-state index contributed by atoms with van der Waals surface area (Å²) in [5.41, 5.74) is 6.26. The van der Waals surface area contributed by atoms with E-state index in [4.69, 9.17) is 0 Å². The molecule has 0 radical (unpaired) electrons. The summed E-state index contributed by atoms with van der Waals surface area (Å²) in [5.74, 6) is 1.78. The fourth-order valence-corrected chi connectivity index (χ4v) is 2.43. The van der Waals surface area contributed by atoms with E-state index in [1.807, 2.05) is 37.8 Å². The molecule has 0 saturated carbocycles. The lowest BCUT2D eigenvalue weighted by Gasteiger charge is -2.03. The zero-order valence-electron chi connectivity index (χ0n) is 19.3. The lowest BCUT2D eigenvalue weighted by molar-refractivity contribution is 0.855. The van der Waals surface area contributed by atoms with E-state index in [1.54, 1.807) is 6.20 Å². The van der Waals surface area contributed by atoms with Crippen LogP contribution in [0.15, 0.2) is 61.3 Å². The molecule has 3 aromatic heterocycles. The SMILES string of the molecule is CC(C)c1cccnc1.Cc1ccc(C(C)C)cn1.Cc1cncc(C(C)C)c1. The minimum Gasteiger partial charge on any atom is -0.264 e. The molecule has 0 saturated heterocycles.